The Labute approximate surface area is 173 Å². The molecule has 0 aliphatic rings. The van der Waals surface area contributed by atoms with Gasteiger partial charge < -0.3 is 10.1 Å². The number of ether oxygens (including phenoxy) is 1. The van der Waals surface area contributed by atoms with Gasteiger partial charge in [0.05, 0.1) is 24.5 Å². The predicted octanol–water partition coefficient (Wildman–Crippen LogP) is 2.74. The molecule has 0 aliphatic carbocycles. The minimum atomic E-state index is -4.93. The Kier molecular flexibility index (Phi) is 5.99. The van der Waals surface area contributed by atoms with Gasteiger partial charge in [0, 0.05) is 11.3 Å². The van der Waals surface area contributed by atoms with Gasteiger partial charge in [0.25, 0.3) is 0 Å². The summed E-state index contributed by atoms with van der Waals surface area (Å²) in [5.41, 5.74) is -0.0967. The fourth-order valence-corrected chi connectivity index (χ4v) is 3.44. The van der Waals surface area contributed by atoms with Gasteiger partial charge in [-0.15, -0.1) is 13.2 Å². The quantitative estimate of drug-likeness (QED) is 0.551. The number of amides is 1. The number of nitrogens with one attached hydrogen (secondary N) is 1. The third-order valence-electron chi connectivity index (χ3n) is 3.90. The van der Waals surface area contributed by atoms with Crippen LogP contribution in [0.4, 0.5) is 23.2 Å². The lowest BCUT2D eigenvalue weighted by atomic mass is 10.1. The van der Waals surface area contributed by atoms with Gasteiger partial charge in [0.15, 0.2) is 5.82 Å². The number of carbonyl (C=O) groups is 1. The summed E-state index contributed by atoms with van der Waals surface area (Å²) in [5, 5.41) is 11.3. The molecule has 0 unspecified atom stereocenters. The SMILES string of the molecule is NS(=O)(=O)c1cc(NC(=O)Cc2ccccc2OC(F)(F)F)ccc1-n1cc(F)cn1. The van der Waals surface area contributed by atoms with E-state index in [1.54, 1.807) is 0 Å². The molecule has 1 amide bonds. The molecule has 0 bridgehead atoms. The number of anilines is 1. The highest BCUT2D eigenvalue weighted by Gasteiger charge is 2.32. The van der Waals surface area contributed by atoms with Gasteiger partial charge in [-0.05, 0) is 24.3 Å². The molecule has 0 saturated heterocycles. The van der Waals surface area contributed by atoms with Crippen LogP contribution in [0.1, 0.15) is 5.56 Å². The molecule has 2 aromatic carbocycles. The van der Waals surface area contributed by atoms with Crippen LogP contribution in [0.25, 0.3) is 5.69 Å². The second-order valence-electron chi connectivity index (χ2n) is 6.21. The lowest BCUT2D eigenvalue weighted by Gasteiger charge is -2.14. The van der Waals surface area contributed by atoms with Crippen LogP contribution < -0.4 is 15.2 Å². The maximum Gasteiger partial charge on any atom is 0.573 e. The van der Waals surface area contributed by atoms with Crippen molar-refractivity contribution >= 4 is 21.6 Å². The number of nitrogens with zero attached hydrogens (tertiary/aromatic N) is 2. The average molecular weight is 458 g/mol. The highest BCUT2D eigenvalue weighted by atomic mass is 32.2. The molecule has 164 valence electrons. The molecule has 0 atom stereocenters. The highest BCUT2D eigenvalue weighted by molar-refractivity contribution is 7.89. The number of alkyl halides is 3. The van der Waals surface area contributed by atoms with Crippen LogP contribution in [0.5, 0.6) is 5.75 Å². The standard InChI is InChI=1S/C18H14F4N4O4S/c19-12-9-24-26(10-12)14-6-5-13(8-16(14)31(23,28)29)25-17(27)7-11-3-1-2-4-15(11)30-18(20,21)22/h1-6,8-10H,7H2,(H,25,27)(H2,23,28,29). The van der Waals surface area contributed by atoms with Crippen molar-refractivity contribution in [1.82, 2.24) is 9.78 Å². The first-order chi connectivity index (χ1) is 14.4. The van der Waals surface area contributed by atoms with Crippen LogP contribution in [0, 0.1) is 5.82 Å². The largest absolute Gasteiger partial charge is 0.573 e. The Balaban J connectivity index is 1.85. The van der Waals surface area contributed by atoms with Gasteiger partial charge in [0.1, 0.15) is 10.6 Å². The van der Waals surface area contributed by atoms with Gasteiger partial charge in [-0.25, -0.2) is 22.6 Å². The highest BCUT2D eigenvalue weighted by Crippen LogP contribution is 2.27. The molecule has 31 heavy (non-hydrogen) atoms. The summed E-state index contributed by atoms with van der Waals surface area (Å²) in [6, 6.07) is 8.67. The first-order valence-electron chi connectivity index (χ1n) is 8.43. The van der Waals surface area contributed by atoms with E-state index in [1.807, 2.05) is 0 Å². The topological polar surface area (TPSA) is 116 Å². The van der Waals surface area contributed by atoms with Crippen molar-refractivity contribution in [3.63, 3.8) is 0 Å². The maximum atomic E-state index is 13.2. The third-order valence-corrected chi connectivity index (χ3v) is 4.84. The van der Waals surface area contributed by atoms with E-state index in [4.69, 9.17) is 5.14 Å². The van der Waals surface area contributed by atoms with E-state index in [9.17, 15) is 30.8 Å². The summed E-state index contributed by atoms with van der Waals surface area (Å²) in [5.74, 6) is -1.99. The number of hydrogen-bond donors (Lipinski definition) is 2. The van der Waals surface area contributed by atoms with Crippen molar-refractivity contribution in [1.29, 1.82) is 0 Å². The second kappa shape index (κ2) is 8.35. The number of nitrogens with two attached hydrogens (primary N) is 1. The molecule has 0 aliphatic heterocycles. The van der Waals surface area contributed by atoms with E-state index in [-0.39, 0.29) is 16.9 Å². The normalized spacial score (nSPS) is 11.9. The number of sulfonamides is 1. The van der Waals surface area contributed by atoms with Crippen LogP contribution in [0.3, 0.4) is 0 Å². The summed E-state index contributed by atoms with van der Waals surface area (Å²) < 4.78 is 79.5. The van der Waals surface area contributed by atoms with Crippen LogP contribution in [-0.2, 0) is 21.2 Å². The molecule has 0 radical (unpaired) electrons. The number of benzene rings is 2. The molecule has 1 aromatic heterocycles. The summed E-state index contributed by atoms with van der Waals surface area (Å²) >= 11 is 0. The molecule has 0 saturated carbocycles. The second-order valence-corrected chi connectivity index (χ2v) is 7.74. The third kappa shape index (κ3) is 5.79. The molecule has 3 rings (SSSR count). The molecule has 0 fully saturated rings. The van der Waals surface area contributed by atoms with E-state index >= 15 is 0 Å². The minimum absolute atomic E-state index is 0.000348. The Hall–Kier alpha value is -3.45. The number of hydrogen-bond acceptors (Lipinski definition) is 5. The van der Waals surface area contributed by atoms with Crippen LogP contribution in [-0.4, -0.2) is 30.5 Å². The zero-order chi connectivity index (χ0) is 22.8. The van der Waals surface area contributed by atoms with E-state index in [0.29, 0.717) is 0 Å². The van der Waals surface area contributed by atoms with Crippen molar-refractivity contribution in [3.8, 4) is 11.4 Å². The fourth-order valence-electron chi connectivity index (χ4n) is 2.69. The summed E-state index contributed by atoms with van der Waals surface area (Å²) in [7, 11) is -4.30. The number of carbonyl (C=O) groups excluding carboxylic acids is 1. The summed E-state index contributed by atoms with van der Waals surface area (Å²) in [6.45, 7) is 0. The number of para-hydroxylation sites is 1. The van der Waals surface area contributed by atoms with Crippen molar-refractivity contribution in [2.75, 3.05) is 5.32 Å². The first kappa shape index (κ1) is 22.2. The van der Waals surface area contributed by atoms with Crippen molar-refractivity contribution in [2.24, 2.45) is 5.14 Å². The van der Waals surface area contributed by atoms with Gasteiger partial charge in [-0.1, -0.05) is 18.2 Å². The number of halogens is 4. The van der Waals surface area contributed by atoms with Crippen LogP contribution >= 0.6 is 0 Å². The van der Waals surface area contributed by atoms with Crippen molar-refractivity contribution in [3.05, 3.63) is 66.2 Å². The zero-order valence-electron chi connectivity index (χ0n) is 15.4. The van der Waals surface area contributed by atoms with E-state index < -0.39 is 45.2 Å². The van der Waals surface area contributed by atoms with E-state index in [1.165, 1.54) is 30.3 Å². The zero-order valence-corrected chi connectivity index (χ0v) is 16.2. The lowest BCUT2D eigenvalue weighted by Crippen LogP contribution is -2.20. The van der Waals surface area contributed by atoms with Gasteiger partial charge in [-0.3, -0.25) is 4.79 Å². The molecule has 3 N–H and O–H groups in total. The Morgan fingerprint density at radius 2 is 1.90 bits per heavy atom. The molecule has 3 aromatic rings. The first-order valence-corrected chi connectivity index (χ1v) is 9.98. The summed E-state index contributed by atoms with van der Waals surface area (Å²) in [6.07, 6.45) is -3.62. The van der Waals surface area contributed by atoms with E-state index in [2.05, 4.69) is 15.2 Å². The minimum Gasteiger partial charge on any atom is -0.405 e. The molecule has 1 heterocycles. The maximum absolute atomic E-state index is 13.2. The predicted molar refractivity (Wildman–Crippen MR) is 100 cm³/mol. The van der Waals surface area contributed by atoms with Gasteiger partial charge in [-0.2, -0.15) is 5.10 Å². The van der Waals surface area contributed by atoms with Crippen molar-refractivity contribution in [2.45, 2.75) is 17.7 Å². The molecular formula is C18H14F4N4O4S. The summed E-state index contributed by atoms with van der Waals surface area (Å²) in [4.78, 5) is 11.9. The van der Waals surface area contributed by atoms with Crippen LogP contribution in [0.2, 0.25) is 0 Å². The van der Waals surface area contributed by atoms with Gasteiger partial charge >= 0.3 is 6.36 Å². The Morgan fingerprint density at radius 3 is 2.52 bits per heavy atom. The molecule has 13 heteroatoms. The smallest absolute Gasteiger partial charge is 0.405 e. The number of rotatable bonds is 6. The number of primary sulfonamides is 1. The Bertz CT molecular complexity index is 1230. The Morgan fingerprint density at radius 1 is 1.19 bits per heavy atom. The van der Waals surface area contributed by atoms with E-state index in [0.717, 1.165) is 29.2 Å². The molecule has 0 spiro atoms. The fraction of sp³-hybridized carbons (Fsp3) is 0.111. The monoisotopic (exact) mass is 458 g/mol. The molecular weight excluding hydrogens is 444 g/mol. The number of aromatic nitrogens is 2. The molecule has 8 nitrogen and oxygen atoms in total. The average Bonchev–Trinajstić information content (AvgIpc) is 3.07. The van der Waals surface area contributed by atoms with Gasteiger partial charge in [0.2, 0.25) is 15.9 Å². The lowest BCUT2D eigenvalue weighted by molar-refractivity contribution is -0.274. The van der Waals surface area contributed by atoms with Crippen LogP contribution in [0.15, 0.2) is 59.8 Å². The van der Waals surface area contributed by atoms with Crippen molar-refractivity contribution < 1.29 is 35.5 Å².